The molecular formula is C15H24N4OS. The number of hydrogen-bond acceptors (Lipinski definition) is 5. The van der Waals surface area contributed by atoms with Gasteiger partial charge in [0.1, 0.15) is 0 Å². The van der Waals surface area contributed by atoms with Crippen LogP contribution in [0.15, 0.2) is 11.6 Å². The van der Waals surface area contributed by atoms with Gasteiger partial charge in [0, 0.05) is 37.1 Å². The van der Waals surface area contributed by atoms with Crippen molar-refractivity contribution < 1.29 is 5.11 Å². The van der Waals surface area contributed by atoms with Crippen LogP contribution in [0.1, 0.15) is 32.4 Å². The summed E-state index contributed by atoms with van der Waals surface area (Å²) < 4.78 is 2.19. The second-order valence-corrected chi connectivity index (χ2v) is 6.72. The highest BCUT2D eigenvalue weighted by Crippen LogP contribution is 2.30. The number of aromatic nitrogens is 2. The lowest BCUT2D eigenvalue weighted by molar-refractivity contribution is 0.136. The van der Waals surface area contributed by atoms with Crippen molar-refractivity contribution in [1.29, 1.82) is 0 Å². The highest BCUT2D eigenvalue weighted by atomic mass is 32.1. The number of nitrogens with one attached hydrogen (secondary N) is 1. The molecule has 1 aliphatic heterocycles. The van der Waals surface area contributed by atoms with E-state index in [4.69, 9.17) is 4.98 Å². The highest BCUT2D eigenvalue weighted by molar-refractivity contribution is 7.15. The van der Waals surface area contributed by atoms with Gasteiger partial charge in [-0.25, -0.2) is 4.98 Å². The molecule has 3 heterocycles. The molecule has 2 aromatic rings. The first-order valence-corrected chi connectivity index (χ1v) is 8.66. The van der Waals surface area contributed by atoms with Gasteiger partial charge in [-0.1, -0.05) is 6.92 Å². The van der Waals surface area contributed by atoms with Crippen LogP contribution in [0.3, 0.4) is 0 Å². The molecule has 1 fully saturated rings. The summed E-state index contributed by atoms with van der Waals surface area (Å²) in [4.78, 5) is 8.20. The van der Waals surface area contributed by atoms with E-state index in [0.29, 0.717) is 5.92 Å². The van der Waals surface area contributed by atoms with Gasteiger partial charge in [-0.15, -0.1) is 11.3 Å². The molecule has 2 unspecified atom stereocenters. The Labute approximate surface area is 129 Å². The van der Waals surface area contributed by atoms with Crippen molar-refractivity contribution in [3.63, 3.8) is 0 Å². The Hall–Kier alpha value is -1.11. The minimum atomic E-state index is -0.236. The molecule has 1 aliphatic rings. The molecule has 6 heteroatoms. The van der Waals surface area contributed by atoms with Gasteiger partial charge in [0.2, 0.25) is 0 Å². The lowest BCUT2D eigenvalue weighted by atomic mass is 10.0. The predicted octanol–water partition coefficient (Wildman–Crippen LogP) is 2.10. The van der Waals surface area contributed by atoms with Crippen LogP contribution in [-0.2, 0) is 6.54 Å². The molecular weight excluding hydrogens is 284 g/mol. The number of hydrogen-bond donors (Lipinski definition) is 2. The van der Waals surface area contributed by atoms with Crippen LogP contribution < -0.4 is 10.2 Å². The molecule has 0 aliphatic carbocycles. The van der Waals surface area contributed by atoms with Crippen LogP contribution in [0.2, 0.25) is 0 Å². The van der Waals surface area contributed by atoms with Crippen LogP contribution >= 0.6 is 11.3 Å². The fourth-order valence-corrected chi connectivity index (χ4v) is 3.72. The van der Waals surface area contributed by atoms with Gasteiger partial charge in [0.15, 0.2) is 10.8 Å². The number of aliphatic hydroxyl groups excluding tert-OH is 1. The Morgan fingerprint density at radius 3 is 3.14 bits per heavy atom. The summed E-state index contributed by atoms with van der Waals surface area (Å²) in [5.74, 6) is 1.45. The molecule has 2 N–H and O–H groups in total. The lowest BCUT2D eigenvalue weighted by Gasteiger charge is -2.19. The molecule has 0 bridgehead atoms. The van der Waals surface area contributed by atoms with Gasteiger partial charge in [0.05, 0.1) is 11.8 Å². The molecule has 1 saturated heterocycles. The smallest absolute Gasteiger partial charge is 0.195 e. The number of imidazole rings is 1. The number of anilines is 1. The first-order chi connectivity index (χ1) is 10.2. The third-order valence-corrected chi connectivity index (χ3v) is 5.02. The average molecular weight is 308 g/mol. The third-order valence-electron chi connectivity index (χ3n) is 4.27. The summed E-state index contributed by atoms with van der Waals surface area (Å²) in [5, 5.41) is 15.4. The number of nitrogens with zero attached hydrogens (tertiary/aromatic N) is 3. The summed E-state index contributed by atoms with van der Waals surface area (Å²) in [6.07, 6.45) is 4.04. The zero-order valence-electron chi connectivity index (χ0n) is 12.7. The van der Waals surface area contributed by atoms with Crippen molar-refractivity contribution in [2.75, 3.05) is 24.5 Å². The summed E-state index contributed by atoms with van der Waals surface area (Å²) in [7, 11) is 0. The number of thiazole rings is 1. The molecule has 0 amide bonds. The second-order valence-electron chi connectivity index (χ2n) is 5.85. The van der Waals surface area contributed by atoms with Gasteiger partial charge in [-0.2, -0.15) is 0 Å². The number of rotatable bonds is 6. The van der Waals surface area contributed by atoms with Crippen molar-refractivity contribution in [3.05, 3.63) is 17.3 Å². The molecule has 2 aromatic heterocycles. The van der Waals surface area contributed by atoms with E-state index < -0.39 is 0 Å². The zero-order chi connectivity index (χ0) is 14.8. The molecule has 0 spiro atoms. The minimum Gasteiger partial charge on any atom is -0.393 e. The quantitative estimate of drug-likeness (QED) is 0.803. The van der Waals surface area contributed by atoms with Gasteiger partial charge in [0.25, 0.3) is 0 Å². The van der Waals surface area contributed by atoms with E-state index in [0.717, 1.165) is 49.8 Å². The Bertz CT molecular complexity index is 592. The molecule has 21 heavy (non-hydrogen) atoms. The maximum Gasteiger partial charge on any atom is 0.195 e. The van der Waals surface area contributed by atoms with Crippen LogP contribution in [0, 0.1) is 5.92 Å². The van der Waals surface area contributed by atoms with E-state index in [-0.39, 0.29) is 6.10 Å². The molecule has 0 aromatic carbocycles. The minimum absolute atomic E-state index is 0.236. The van der Waals surface area contributed by atoms with Gasteiger partial charge in [-0.05, 0) is 26.3 Å². The van der Waals surface area contributed by atoms with Crippen molar-refractivity contribution in [2.24, 2.45) is 5.92 Å². The van der Waals surface area contributed by atoms with E-state index in [2.05, 4.69) is 33.1 Å². The van der Waals surface area contributed by atoms with Crippen molar-refractivity contribution in [1.82, 2.24) is 14.7 Å². The second kappa shape index (κ2) is 6.34. The normalized spacial score (nSPS) is 20.5. The van der Waals surface area contributed by atoms with Gasteiger partial charge in [-0.3, -0.25) is 4.40 Å². The maximum atomic E-state index is 9.80. The summed E-state index contributed by atoms with van der Waals surface area (Å²) in [6.45, 7) is 7.83. The Morgan fingerprint density at radius 2 is 2.43 bits per heavy atom. The van der Waals surface area contributed by atoms with Crippen molar-refractivity contribution >= 4 is 22.1 Å². The zero-order valence-corrected chi connectivity index (χ0v) is 13.6. The highest BCUT2D eigenvalue weighted by Gasteiger charge is 2.29. The van der Waals surface area contributed by atoms with E-state index in [1.165, 1.54) is 5.69 Å². The van der Waals surface area contributed by atoms with Crippen molar-refractivity contribution in [2.45, 2.75) is 39.3 Å². The van der Waals surface area contributed by atoms with E-state index in [1.54, 1.807) is 11.3 Å². The monoisotopic (exact) mass is 308 g/mol. The largest absolute Gasteiger partial charge is 0.393 e. The molecule has 2 atom stereocenters. The summed E-state index contributed by atoms with van der Waals surface area (Å²) >= 11 is 1.68. The van der Waals surface area contributed by atoms with E-state index in [9.17, 15) is 5.11 Å². The van der Waals surface area contributed by atoms with Gasteiger partial charge < -0.3 is 15.3 Å². The van der Waals surface area contributed by atoms with Crippen LogP contribution in [0.25, 0.3) is 4.96 Å². The van der Waals surface area contributed by atoms with Crippen LogP contribution in [0.5, 0.6) is 0 Å². The topological polar surface area (TPSA) is 52.8 Å². The summed E-state index contributed by atoms with van der Waals surface area (Å²) in [5.41, 5.74) is 1.24. The average Bonchev–Trinajstić information content (AvgIpc) is 3.13. The molecule has 0 radical (unpaired) electrons. The standard InChI is InChI=1S/C15H24N4OS/c1-3-5-16-9-13-14(17-15-19(13)7-8-21-15)18-6-4-12(10-18)11(2)20/h7-8,11-12,16,20H,3-6,9-10H2,1-2H3. The SMILES string of the molecule is CCCNCc1c(N2CCC(C(C)O)C2)nc2sccn12. The number of fused-ring (bicyclic) bond motifs is 1. The van der Waals surface area contributed by atoms with E-state index in [1.807, 2.05) is 6.92 Å². The third kappa shape index (κ3) is 2.93. The molecule has 116 valence electrons. The Kier molecular flexibility index (Phi) is 4.47. The fourth-order valence-electron chi connectivity index (χ4n) is 3.00. The predicted molar refractivity (Wildman–Crippen MR) is 87.1 cm³/mol. The molecule has 5 nitrogen and oxygen atoms in total. The van der Waals surface area contributed by atoms with Gasteiger partial charge >= 0.3 is 0 Å². The fraction of sp³-hybridized carbons (Fsp3) is 0.667. The number of aliphatic hydroxyl groups is 1. The summed E-state index contributed by atoms with van der Waals surface area (Å²) in [6, 6.07) is 0. The first-order valence-electron chi connectivity index (χ1n) is 7.78. The maximum absolute atomic E-state index is 9.80. The van der Waals surface area contributed by atoms with E-state index >= 15 is 0 Å². The Morgan fingerprint density at radius 1 is 1.57 bits per heavy atom. The molecule has 3 rings (SSSR count). The first kappa shape index (κ1) is 14.8. The molecule has 0 saturated carbocycles. The van der Waals surface area contributed by atoms with Crippen molar-refractivity contribution in [3.8, 4) is 0 Å². The Balaban J connectivity index is 1.83. The van der Waals surface area contributed by atoms with Crippen LogP contribution in [0.4, 0.5) is 5.82 Å². The lowest BCUT2D eigenvalue weighted by Crippen LogP contribution is -2.26. The van der Waals surface area contributed by atoms with Crippen LogP contribution in [-0.4, -0.2) is 40.2 Å².